The van der Waals surface area contributed by atoms with Crippen LogP contribution in [0.15, 0.2) is 42.6 Å². The van der Waals surface area contributed by atoms with Crippen LogP contribution in [0, 0.1) is 12.7 Å². The molecule has 2 aromatic carbocycles. The molecule has 0 radical (unpaired) electrons. The first-order valence-corrected chi connectivity index (χ1v) is 6.76. The largest absolute Gasteiger partial charge is 0.360 e. The number of hydrogen-bond acceptors (Lipinski definition) is 1. The Hall–Kier alpha value is -2.33. The van der Waals surface area contributed by atoms with Gasteiger partial charge in [-0.3, -0.25) is 4.79 Å². The lowest BCUT2D eigenvalue weighted by atomic mass is 10.1. The minimum Gasteiger partial charge on any atom is -0.360 e. The Labute approximate surface area is 125 Å². The number of anilines is 1. The fourth-order valence-corrected chi connectivity index (χ4v) is 2.47. The number of H-pyrrole nitrogens is 1. The molecule has 21 heavy (non-hydrogen) atoms. The number of hydrogen-bond donors (Lipinski definition) is 2. The second-order valence-corrected chi connectivity index (χ2v) is 5.24. The predicted molar refractivity (Wildman–Crippen MR) is 82.4 cm³/mol. The maximum Gasteiger partial charge on any atom is 0.257 e. The fourth-order valence-electron chi connectivity index (χ4n) is 2.24. The van der Waals surface area contributed by atoms with Crippen LogP contribution in [-0.4, -0.2) is 10.9 Å². The third-order valence-corrected chi connectivity index (χ3v) is 3.56. The molecule has 0 aliphatic carbocycles. The number of aromatic nitrogens is 1. The molecule has 0 atom stereocenters. The van der Waals surface area contributed by atoms with Crippen molar-refractivity contribution in [3.05, 3.63) is 64.6 Å². The van der Waals surface area contributed by atoms with Crippen LogP contribution in [0.1, 0.15) is 15.9 Å². The van der Waals surface area contributed by atoms with Gasteiger partial charge in [-0.05, 0) is 48.9 Å². The molecular weight excluding hydrogens is 291 g/mol. The second kappa shape index (κ2) is 5.22. The molecule has 5 heteroatoms. The maximum atomic E-state index is 13.2. The van der Waals surface area contributed by atoms with Gasteiger partial charge in [0, 0.05) is 27.8 Å². The van der Waals surface area contributed by atoms with Crippen LogP contribution in [-0.2, 0) is 0 Å². The van der Waals surface area contributed by atoms with E-state index in [1.165, 1.54) is 12.1 Å². The summed E-state index contributed by atoms with van der Waals surface area (Å²) in [5.74, 6) is -0.594. The van der Waals surface area contributed by atoms with Gasteiger partial charge in [-0.1, -0.05) is 11.6 Å². The van der Waals surface area contributed by atoms with Crippen LogP contribution in [0.4, 0.5) is 10.1 Å². The molecule has 106 valence electrons. The van der Waals surface area contributed by atoms with Crippen LogP contribution in [0.2, 0.25) is 5.02 Å². The molecule has 3 nitrogen and oxygen atoms in total. The van der Waals surface area contributed by atoms with Crippen molar-refractivity contribution in [2.24, 2.45) is 0 Å². The van der Waals surface area contributed by atoms with Gasteiger partial charge in [-0.25, -0.2) is 4.39 Å². The summed E-state index contributed by atoms with van der Waals surface area (Å²) in [6.07, 6.45) is 1.57. The zero-order chi connectivity index (χ0) is 15.0. The standard InChI is InChI=1S/C16H12ClFN2O/c1-9-6-10(17)2-5-14(9)20-16(21)13-8-19-15-7-11(18)3-4-12(13)15/h2-8,19H,1H3,(H,20,21). The molecule has 1 amide bonds. The first kappa shape index (κ1) is 13.6. The van der Waals surface area contributed by atoms with Crippen molar-refractivity contribution in [3.8, 4) is 0 Å². The van der Waals surface area contributed by atoms with Gasteiger partial charge in [0.2, 0.25) is 0 Å². The first-order valence-electron chi connectivity index (χ1n) is 6.39. The molecule has 3 rings (SSSR count). The van der Waals surface area contributed by atoms with Gasteiger partial charge in [0.05, 0.1) is 5.56 Å². The molecule has 0 fully saturated rings. The minimum absolute atomic E-state index is 0.252. The van der Waals surface area contributed by atoms with E-state index in [4.69, 9.17) is 11.6 Å². The number of halogens is 2. The molecule has 0 spiro atoms. The quantitative estimate of drug-likeness (QED) is 0.718. The lowest BCUT2D eigenvalue weighted by molar-refractivity contribution is 0.102. The van der Waals surface area contributed by atoms with Crippen LogP contribution < -0.4 is 5.32 Å². The van der Waals surface area contributed by atoms with Crippen LogP contribution in [0.3, 0.4) is 0 Å². The zero-order valence-electron chi connectivity index (χ0n) is 11.2. The molecule has 0 bridgehead atoms. The minimum atomic E-state index is -0.343. The van der Waals surface area contributed by atoms with Gasteiger partial charge in [-0.2, -0.15) is 0 Å². The average molecular weight is 303 g/mol. The smallest absolute Gasteiger partial charge is 0.257 e. The van der Waals surface area contributed by atoms with Crippen LogP contribution in [0.25, 0.3) is 10.9 Å². The SMILES string of the molecule is Cc1cc(Cl)ccc1NC(=O)c1c[nH]c2cc(F)ccc12. The predicted octanol–water partition coefficient (Wildman–Crippen LogP) is 4.52. The van der Waals surface area contributed by atoms with E-state index in [-0.39, 0.29) is 11.7 Å². The molecule has 0 saturated heterocycles. The Bertz CT molecular complexity index is 841. The summed E-state index contributed by atoms with van der Waals surface area (Å²) in [6, 6.07) is 9.53. The normalized spacial score (nSPS) is 10.8. The van der Waals surface area contributed by atoms with Crippen molar-refractivity contribution in [1.82, 2.24) is 4.98 Å². The number of amides is 1. The number of carbonyl (C=O) groups excluding carboxylic acids is 1. The van der Waals surface area contributed by atoms with E-state index in [1.807, 2.05) is 6.92 Å². The van der Waals surface area contributed by atoms with E-state index in [0.29, 0.717) is 27.2 Å². The highest BCUT2D eigenvalue weighted by Gasteiger charge is 2.13. The van der Waals surface area contributed by atoms with E-state index in [9.17, 15) is 9.18 Å². The summed E-state index contributed by atoms with van der Waals surface area (Å²) in [6.45, 7) is 1.87. The molecule has 3 aromatic rings. The lowest BCUT2D eigenvalue weighted by Gasteiger charge is -2.08. The maximum absolute atomic E-state index is 13.2. The van der Waals surface area contributed by atoms with Crippen molar-refractivity contribution in [1.29, 1.82) is 0 Å². The molecule has 1 heterocycles. The van der Waals surface area contributed by atoms with E-state index < -0.39 is 0 Å². The van der Waals surface area contributed by atoms with E-state index in [0.717, 1.165) is 5.56 Å². The number of carbonyl (C=O) groups is 1. The molecule has 1 aromatic heterocycles. The van der Waals surface area contributed by atoms with Gasteiger partial charge in [-0.15, -0.1) is 0 Å². The summed E-state index contributed by atoms with van der Waals surface area (Å²) < 4.78 is 13.2. The number of aromatic amines is 1. The second-order valence-electron chi connectivity index (χ2n) is 4.81. The lowest BCUT2D eigenvalue weighted by Crippen LogP contribution is -2.12. The van der Waals surface area contributed by atoms with E-state index in [1.54, 1.807) is 30.5 Å². The molecular formula is C16H12ClFN2O. The Kier molecular flexibility index (Phi) is 3.39. The van der Waals surface area contributed by atoms with Gasteiger partial charge >= 0.3 is 0 Å². The molecule has 0 saturated carbocycles. The fraction of sp³-hybridized carbons (Fsp3) is 0.0625. The molecule has 0 unspecified atom stereocenters. The highest BCUT2D eigenvalue weighted by atomic mass is 35.5. The highest BCUT2D eigenvalue weighted by molar-refractivity contribution is 6.30. The summed E-state index contributed by atoms with van der Waals surface area (Å²) >= 11 is 5.89. The van der Waals surface area contributed by atoms with Crippen molar-refractivity contribution < 1.29 is 9.18 Å². The monoisotopic (exact) mass is 302 g/mol. The third kappa shape index (κ3) is 2.62. The summed E-state index contributed by atoms with van der Waals surface area (Å²) in [5, 5.41) is 4.13. The summed E-state index contributed by atoms with van der Waals surface area (Å²) in [5.41, 5.74) is 2.63. The van der Waals surface area contributed by atoms with Crippen molar-refractivity contribution in [2.45, 2.75) is 6.92 Å². The van der Waals surface area contributed by atoms with Crippen molar-refractivity contribution >= 4 is 34.1 Å². The van der Waals surface area contributed by atoms with E-state index >= 15 is 0 Å². The summed E-state index contributed by atoms with van der Waals surface area (Å²) in [4.78, 5) is 15.3. The van der Waals surface area contributed by atoms with Crippen LogP contribution >= 0.6 is 11.6 Å². The molecule has 2 N–H and O–H groups in total. The van der Waals surface area contributed by atoms with E-state index in [2.05, 4.69) is 10.3 Å². The van der Waals surface area contributed by atoms with Crippen LogP contribution in [0.5, 0.6) is 0 Å². The Balaban J connectivity index is 1.94. The molecule has 0 aliphatic heterocycles. The van der Waals surface area contributed by atoms with Gasteiger partial charge < -0.3 is 10.3 Å². The molecule has 0 aliphatic rings. The van der Waals surface area contributed by atoms with Gasteiger partial charge in [0.1, 0.15) is 5.82 Å². The number of benzene rings is 2. The van der Waals surface area contributed by atoms with Gasteiger partial charge in [0.25, 0.3) is 5.91 Å². The van der Waals surface area contributed by atoms with Gasteiger partial charge in [0.15, 0.2) is 0 Å². The Morgan fingerprint density at radius 3 is 2.81 bits per heavy atom. The highest BCUT2D eigenvalue weighted by Crippen LogP contribution is 2.23. The number of rotatable bonds is 2. The van der Waals surface area contributed by atoms with Crippen molar-refractivity contribution in [3.63, 3.8) is 0 Å². The summed E-state index contributed by atoms with van der Waals surface area (Å²) in [7, 11) is 0. The zero-order valence-corrected chi connectivity index (χ0v) is 12.0. The van der Waals surface area contributed by atoms with Crippen molar-refractivity contribution in [2.75, 3.05) is 5.32 Å². The number of nitrogens with one attached hydrogen (secondary N) is 2. The average Bonchev–Trinajstić information content (AvgIpc) is 2.84. The number of fused-ring (bicyclic) bond motifs is 1. The number of aryl methyl sites for hydroxylation is 1. The topological polar surface area (TPSA) is 44.9 Å². The third-order valence-electron chi connectivity index (χ3n) is 3.33. The first-order chi connectivity index (χ1) is 10.0. The Morgan fingerprint density at radius 1 is 1.24 bits per heavy atom. The Morgan fingerprint density at radius 2 is 2.05 bits per heavy atom.